The molecular formula is C10H14ClN3O2. The predicted molar refractivity (Wildman–Crippen MR) is 61.7 cm³/mol. The lowest BCUT2D eigenvalue weighted by Crippen LogP contribution is -2.25. The van der Waals surface area contributed by atoms with Crippen molar-refractivity contribution in [1.82, 2.24) is 9.78 Å². The molecule has 0 amide bonds. The summed E-state index contributed by atoms with van der Waals surface area (Å²) in [5.74, 6) is 0.394. The molecule has 1 unspecified atom stereocenters. The van der Waals surface area contributed by atoms with Crippen molar-refractivity contribution in [3.05, 3.63) is 21.6 Å². The third-order valence-corrected chi connectivity index (χ3v) is 3.11. The van der Waals surface area contributed by atoms with Crippen LogP contribution < -0.4 is 10.9 Å². The summed E-state index contributed by atoms with van der Waals surface area (Å²) >= 11 is 5.86. The quantitative estimate of drug-likeness (QED) is 0.814. The zero-order chi connectivity index (χ0) is 11.7. The van der Waals surface area contributed by atoms with Crippen molar-refractivity contribution in [3.8, 4) is 0 Å². The van der Waals surface area contributed by atoms with Gasteiger partial charge in [0.25, 0.3) is 5.56 Å². The number of aliphatic hydroxyl groups is 1. The van der Waals surface area contributed by atoms with Gasteiger partial charge in [-0.1, -0.05) is 11.6 Å². The number of aliphatic hydroxyl groups excluding tert-OH is 1. The van der Waals surface area contributed by atoms with E-state index in [2.05, 4.69) is 10.4 Å². The summed E-state index contributed by atoms with van der Waals surface area (Å²) < 4.78 is 1.17. The molecule has 1 aromatic rings. The van der Waals surface area contributed by atoms with E-state index < -0.39 is 0 Å². The van der Waals surface area contributed by atoms with Gasteiger partial charge in [0, 0.05) is 13.6 Å². The van der Waals surface area contributed by atoms with Crippen LogP contribution in [0.5, 0.6) is 0 Å². The standard InChI is InChI=1S/C10H14ClN3O2/c1-14-10(16)9(11)7(4-13-14)12-5-8(15)6-2-3-6/h4,6,8,12,15H,2-3,5H2,1H3. The minimum atomic E-state index is -0.375. The van der Waals surface area contributed by atoms with E-state index in [1.54, 1.807) is 0 Å². The van der Waals surface area contributed by atoms with Crippen LogP contribution in [0.2, 0.25) is 5.02 Å². The van der Waals surface area contributed by atoms with Crippen LogP contribution in [-0.2, 0) is 7.05 Å². The molecule has 88 valence electrons. The molecule has 1 fully saturated rings. The van der Waals surface area contributed by atoms with E-state index in [0.29, 0.717) is 18.2 Å². The van der Waals surface area contributed by atoms with Gasteiger partial charge in [-0.25, -0.2) is 4.68 Å². The molecule has 1 aliphatic carbocycles. The fourth-order valence-electron chi connectivity index (χ4n) is 1.50. The summed E-state index contributed by atoms with van der Waals surface area (Å²) in [5.41, 5.74) is 0.136. The van der Waals surface area contributed by atoms with Gasteiger partial charge in [0.2, 0.25) is 0 Å². The molecule has 1 saturated carbocycles. The Morgan fingerprint density at radius 3 is 3.06 bits per heavy atom. The lowest BCUT2D eigenvalue weighted by Gasteiger charge is -2.12. The first-order valence-corrected chi connectivity index (χ1v) is 5.61. The maximum Gasteiger partial charge on any atom is 0.287 e. The Bertz CT molecular complexity index is 442. The van der Waals surface area contributed by atoms with Crippen LogP contribution >= 0.6 is 11.6 Å². The van der Waals surface area contributed by atoms with Crippen molar-refractivity contribution in [2.24, 2.45) is 13.0 Å². The molecule has 0 aromatic carbocycles. The fraction of sp³-hybridized carbons (Fsp3) is 0.600. The number of anilines is 1. The van der Waals surface area contributed by atoms with Crippen molar-refractivity contribution in [2.45, 2.75) is 18.9 Å². The molecule has 2 N–H and O–H groups in total. The molecule has 0 spiro atoms. The van der Waals surface area contributed by atoms with E-state index in [9.17, 15) is 9.90 Å². The van der Waals surface area contributed by atoms with Gasteiger partial charge in [-0.2, -0.15) is 5.10 Å². The summed E-state index contributed by atoms with van der Waals surface area (Å²) in [4.78, 5) is 11.4. The Morgan fingerprint density at radius 1 is 1.75 bits per heavy atom. The highest BCUT2D eigenvalue weighted by atomic mass is 35.5. The first-order chi connectivity index (χ1) is 7.59. The first-order valence-electron chi connectivity index (χ1n) is 5.23. The monoisotopic (exact) mass is 243 g/mol. The minimum absolute atomic E-state index is 0.112. The Morgan fingerprint density at radius 2 is 2.44 bits per heavy atom. The molecule has 5 nitrogen and oxygen atoms in total. The van der Waals surface area contributed by atoms with E-state index in [1.807, 2.05) is 0 Å². The van der Waals surface area contributed by atoms with E-state index in [0.717, 1.165) is 12.8 Å². The molecule has 0 aliphatic heterocycles. The zero-order valence-corrected chi connectivity index (χ0v) is 9.74. The fourth-order valence-corrected chi connectivity index (χ4v) is 1.73. The van der Waals surface area contributed by atoms with Crippen LogP contribution in [-0.4, -0.2) is 27.5 Å². The highest BCUT2D eigenvalue weighted by Crippen LogP contribution is 2.32. The molecule has 0 bridgehead atoms. The third kappa shape index (κ3) is 2.36. The molecule has 2 rings (SSSR count). The lowest BCUT2D eigenvalue weighted by atomic mass is 10.2. The molecular weight excluding hydrogens is 230 g/mol. The molecule has 6 heteroatoms. The number of nitrogens with zero attached hydrogens (tertiary/aromatic N) is 2. The van der Waals surface area contributed by atoms with Crippen molar-refractivity contribution < 1.29 is 5.11 Å². The van der Waals surface area contributed by atoms with Crippen LogP contribution in [0.4, 0.5) is 5.69 Å². The number of aromatic nitrogens is 2. The molecule has 0 saturated heterocycles. The lowest BCUT2D eigenvalue weighted by molar-refractivity contribution is 0.164. The van der Waals surface area contributed by atoms with E-state index in [1.165, 1.54) is 17.9 Å². The molecule has 0 radical (unpaired) electrons. The Kier molecular flexibility index (Phi) is 3.16. The molecule has 1 heterocycles. The summed E-state index contributed by atoms with van der Waals surface area (Å²) in [7, 11) is 1.54. The highest BCUT2D eigenvalue weighted by molar-refractivity contribution is 6.32. The second kappa shape index (κ2) is 4.43. The molecule has 1 aromatic heterocycles. The second-order valence-corrected chi connectivity index (χ2v) is 4.46. The smallest absolute Gasteiger partial charge is 0.287 e. The van der Waals surface area contributed by atoms with Crippen molar-refractivity contribution >= 4 is 17.3 Å². The van der Waals surface area contributed by atoms with Gasteiger partial charge in [0.1, 0.15) is 5.02 Å². The average molecular weight is 244 g/mol. The van der Waals surface area contributed by atoms with E-state index in [-0.39, 0.29) is 16.7 Å². The number of aryl methyl sites for hydroxylation is 1. The Balaban J connectivity index is 2.03. The van der Waals surface area contributed by atoms with Gasteiger partial charge in [0.05, 0.1) is 18.0 Å². The predicted octanol–water partition coefficient (Wildman–Crippen LogP) is 0.616. The summed E-state index contributed by atoms with van der Waals surface area (Å²) in [6, 6.07) is 0. The van der Waals surface area contributed by atoms with Gasteiger partial charge < -0.3 is 10.4 Å². The number of halogens is 1. The minimum Gasteiger partial charge on any atom is -0.391 e. The summed E-state index contributed by atoms with van der Waals surface area (Å²) in [6.07, 6.45) is 3.26. The number of nitrogens with one attached hydrogen (secondary N) is 1. The maximum atomic E-state index is 11.4. The highest BCUT2D eigenvalue weighted by Gasteiger charge is 2.29. The van der Waals surface area contributed by atoms with Crippen molar-refractivity contribution in [2.75, 3.05) is 11.9 Å². The number of rotatable bonds is 4. The van der Waals surface area contributed by atoms with Crippen LogP contribution in [0.15, 0.2) is 11.0 Å². The molecule has 16 heavy (non-hydrogen) atoms. The van der Waals surface area contributed by atoms with Gasteiger partial charge in [-0.3, -0.25) is 4.79 Å². The summed E-state index contributed by atoms with van der Waals surface area (Å²) in [5, 5.41) is 16.6. The number of hydrogen-bond donors (Lipinski definition) is 2. The van der Waals surface area contributed by atoms with Crippen molar-refractivity contribution in [1.29, 1.82) is 0 Å². The van der Waals surface area contributed by atoms with Gasteiger partial charge in [-0.05, 0) is 18.8 Å². The SMILES string of the molecule is Cn1ncc(NCC(O)C2CC2)c(Cl)c1=O. The van der Waals surface area contributed by atoms with E-state index >= 15 is 0 Å². The maximum absolute atomic E-state index is 11.4. The van der Waals surface area contributed by atoms with Gasteiger partial charge in [-0.15, -0.1) is 0 Å². The molecule has 1 atom stereocenters. The topological polar surface area (TPSA) is 67.2 Å². The van der Waals surface area contributed by atoms with Crippen LogP contribution in [0.25, 0.3) is 0 Å². The van der Waals surface area contributed by atoms with E-state index in [4.69, 9.17) is 11.6 Å². The van der Waals surface area contributed by atoms with Gasteiger partial charge >= 0.3 is 0 Å². The van der Waals surface area contributed by atoms with Crippen molar-refractivity contribution in [3.63, 3.8) is 0 Å². The number of hydrogen-bond acceptors (Lipinski definition) is 4. The van der Waals surface area contributed by atoms with Gasteiger partial charge in [0.15, 0.2) is 0 Å². The average Bonchev–Trinajstić information content (AvgIpc) is 3.08. The molecule has 1 aliphatic rings. The zero-order valence-electron chi connectivity index (χ0n) is 8.98. The van der Waals surface area contributed by atoms with Crippen LogP contribution in [0, 0.1) is 5.92 Å². The Hall–Kier alpha value is -1.07. The van der Waals surface area contributed by atoms with Crippen LogP contribution in [0.3, 0.4) is 0 Å². The third-order valence-electron chi connectivity index (χ3n) is 2.75. The Labute approximate surface area is 98.0 Å². The normalized spacial score (nSPS) is 17.2. The first kappa shape index (κ1) is 11.4. The summed E-state index contributed by atoms with van der Waals surface area (Å²) in [6.45, 7) is 0.402. The second-order valence-electron chi connectivity index (χ2n) is 4.09. The largest absolute Gasteiger partial charge is 0.391 e. The van der Waals surface area contributed by atoms with Crippen LogP contribution in [0.1, 0.15) is 12.8 Å².